The second-order valence-electron chi connectivity index (χ2n) is 5.76. The Morgan fingerprint density at radius 2 is 1.59 bits per heavy atom. The van der Waals surface area contributed by atoms with E-state index in [1.807, 2.05) is 0 Å². The van der Waals surface area contributed by atoms with Crippen LogP contribution in [0.5, 0.6) is 11.5 Å². The molecule has 0 fully saturated rings. The van der Waals surface area contributed by atoms with E-state index < -0.39 is 28.8 Å². The molecule has 0 saturated carbocycles. The van der Waals surface area contributed by atoms with Crippen LogP contribution in [0.3, 0.4) is 0 Å². The molecule has 0 atom stereocenters. The molecule has 0 spiro atoms. The van der Waals surface area contributed by atoms with E-state index in [2.05, 4.69) is 15.4 Å². The molecule has 11 heteroatoms. The Kier molecular flexibility index (Phi) is 5.66. The van der Waals surface area contributed by atoms with Gasteiger partial charge in [0.15, 0.2) is 34.8 Å². The number of nitrogens with zero attached hydrogens (tertiary/aromatic N) is 3. The molecule has 2 aromatic carbocycles. The standard InChI is InChI=1S/C18H14F4N4O3/c1-28-14-5-10(19)13(6-15(14)29-2)24-18-25-16(27)7-23-26(18)8-9-3-11(20)17(22)12(21)4-9/h3-7H,8H2,1-2H3,(H,24,25,27). The zero-order chi connectivity index (χ0) is 21.1. The van der Waals surface area contributed by atoms with Crippen LogP contribution in [0.4, 0.5) is 29.2 Å². The molecule has 0 unspecified atom stereocenters. The molecule has 29 heavy (non-hydrogen) atoms. The molecular weight excluding hydrogens is 396 g/mol. The van der Waals surface area contributed by atoms with E-state index in [0.717, 1.165) is 29.1 Å². The molecule has 7 nitrogen and oxygen atoms in total. The minimum atomic E-state index is -1.61. The summed E-state index contributed by atoms with van der Waals surface area (Å²) in [6.07, 6.45) is 0.867. The number of anilines is 2. The van der Waals surface area contributed by atoms with E-state index in [4.69, 9.17) is 9.47 Å². The van der Waals surface area contributed by atoms with Crippen molar-refractivity contribution in [1.29, 1.82) is 0 Å². The molecule has 1 N–H and O–H groups in total. The number of nitrogens with one attached hydrogen (secondary N) is 1. The van der Waals surface area contributed by atoms with Crippen LogP contribution >= 0.6 is 0 Å². The van der Waals surface area contributed by atoms with Crippen molar-refractivity contribution in [1.82, 2.24) is 14.8 Å². The Labute approximate surface area is 161 Å². The lowest BCUT2D eigenvalue weighted by atomic mass is 10.2. The molecular formula is C18H14F4N4O3. The molecule has 3 aromatic rings. The first-order chi connectivity index (χ1) is 13.8. The lowest BCUT2D eigenvalue weighted by molar-refractivity contribution is 0.353. The minimum absolute atomic E-state index is 0.00943. The molecule has 0 aliphatic carbocycles. The molecule has 3 rings (SSSR count). The van der Waals surface area contributed by atoms with Crippen LogP contribution in [-0.4, -0.2) is 29.0 Å². The molecule has 152 valence electrons. The smallest absolute Gasteiger partial charge is 0.293 e. The van der Waals surface area contributed by atoms with Crippen molar-refractivity contribution >= 4 is 11.6 Å². The van der Waals surface area contributed by atoms with Gasteiger partial charge < -0.3 is 14.8 Å². The fourth-order valence-corrected chi connectivity index (χ4v) is 2.52. The molecule has 1 aromatic heterocycles. The highest BCUT2D eigenvalue weighted by molar-refractivity contribution is 5.60. The van der Waals surface area contributed by atoms with E-state index in [9.17, 15) is 22.4 Å². The van der Waals surface area contributed by atoms with Gasteiger partial charge in [-0.25, -0.2) is 22.2 Å². The van der Waals surface area contributed by atoms with Gasteiger partial charge in [-0.3, -0.25) is 4.79 Å². The number of ether oxygens (including phenoxy) is 2. The Hall–Kier alpha value is -3.63. The van der Waals surface area contributed by atoms with Gasteiger partial charge in [-0.05, 0) is 17.7 Å². The fourth-order valence-electron chi connectivity index (χ4n) is 2.52. The van der Waals surface area contributed by atoms with Crippen LogP contribution in [0.2, 0.25) is 0 Å². The van der Waals surface area contributed by atoms with Gasteiger partial charge in [0.2, 0.25) is 5.95 Å². The van der Waals surface area contributed by atoms with Crippen molar-refractivity contribution in [2.24, 2.45) is 0 Å². The first-order valence-electron chi connectivity index (χ1n) is 8.08. The van der Waals surface area contributed by atoms with Gasteiger partial charge in [-0.2, -0.15) is 10.1 Å². The second kappa shape index (κ2) is 8.17. The minimum Gasteiger partial charge on any atom is -0.493 e. The predicted octanol–water partition coefficient (Wildman–Crippen LogP) is 3.00. The van der Waals surface area contributed by atoms with Crippen LogP contribution in [0.25, 0.3) is 0 Å². The summed E-state index contributed by atoms with van der Waals surface area (Å²) in [5.74, 6) is -4.98. The van der Waals surface area contributed by atoms with Crippen molar-refractivity contribution < 1.29 is 27.0 Å². The maximum atomic E-state index is 14.4. The van der Waals surface area contributed by atoms with Gasteiger partial charge in [0.05, 0.1) is 26.5 Å². The number of benzene rings is 2. The first kappa shape index (κ1) is 20.1. The summed E-state index contributed by atoms with van der Waals surface area (Å²) < 4.78 is 65.6. The first-order valence-corrected chi connectivity index (χ1v) is 8.08. The second-order valence-corrected chi connectivity index (χ2v) is 5.76. The summed E-state index contributed by atoms with van der Waals surface area (Å²) in [6.45, 7) is -0.279. The summed E-state index contributed by atoms with van der Waals surface area (Å²) in [6, 6.07) is 3.89. The van der Waals surface area contributed by atoms with E-state index in [-0.39, 0.29) is 35.2 Å². The van der Waals surface area contributed by atoms with Crippen molar-refractivity contribution in [3.8, 4) is 11.5 Å². The van der Waals surface area contributed by atoms with Crippen LogP contribution in [0, 0.1) is 23.3 Å². The van der Waals surface area contributed by atoms with E-state index in [1.54, 1.807) is 0 Å². The third kappa shape index (κ3) is 4.28. The summed E-state index contributed by atoms with van der Waals surface area (Å²) in [7, 11) is 2.70. The molecule has 0 aliphatic rings. The van der Waals surface area contributed by atoms with Gasteiger partial charge >= 0.3 is 0 Å². The summed E-state index contributed by atoms with van der Waals surface area (Å²) in [5.41, 5.74) is -0.843. The highest BCUT2D eigenvalue weighted by Crippen LogP contribution is 2.33. The van der Waals surface area contributed by atoms with Crippen molar-refractivity contribution in [2.45, 2.75) is 6.54 Å². The average Bonchev–Trinajstić information content (AvgIpc) is 2.69. The quantitative estimate of drug-likeness (QED) is 0.497. The van der Waals surface area contributed by atoms with Gasteiger partial charge in [-0.15, -0.1) is 0 Å². The monoisotopic (exact) mass is 410 g/mol. The molecule has 0 radical (unpaired) electrons. The van der Waals surface area contributed by atoms with Gasteiger partial charge in [0.1, 0.15) is 6.20 Å². The van der Waals surface area contributed by atoms with E-state index in [1.165, 1.54) is 20.3 Å². The number of rotatable bonds is 6. The largest absolute Gasteiger partial charge is 0.493 e. The third-order valence-corrected chi connectivity index (χ3v) is 3.86. The lowest BCUT2D eigenvalue weighted by Crippen LogP contribution is -2.19. The molecule has 0 amide bonds. The Morgan fingerprint density at radius 1 is 0.966 bits per heavy atom. The zero-order valence-corrected chi connectivity index (χ0v) is 15.2. The highest BCUT2D eigenvalue weighted by Gasteiger charge is 2.16. The van der Waals surface area contributed by atoms with Crippen molar-refractivity contribution in [3.63, 3.8) is 0 Å². The number of hydrogen-bond donors (Lipinski definition) is 1. The van der Waals surface area contributed by atoms with Crippen LogP contribution in [0.15, 0.2) is 35.3 Å². The summed E-state index contributed by atoms with van der Waals surface area (Å²) >= 11 is 0. The number of methoxy groups -OCH3 is 2. The van der Waals surface area contributed by atoms with Crippen LogP contribution in [0.1, 0.15) is 5.56 Å². The SMILES string of the molecule is COc1cc(F)c(Nc2nc(=O)cnn2Cc2cc(F)c(F)c(F)c2)cc1OC. The van der Waals surface area contributed by atoms with Crippen LogP contribution < -0.4 is 20.3 Å². The Bertz CT molecular complexity index is 1100. The number of hydrogen-bond acceptors (Lipinski definition) is 6. The van der Waals surface area contributed by atoms with Gasteiger partial charge in [0, 0.05) is 12.1 Å². The fraction of sp³-hybridized carbons (Fsp3) is 0.167. The summed E-state index contributed by atoms with van der Waals surface area (Å²) in [5, 5.41) is 6.41. The molecule has 0 aliphatic heterocycles. The normalized spacial score (nSPS) is 10.7. The maximum Gasteiger partial charge on any atom is 0.293 e. The zero-order valence-electron chi connectivity index (χ0n) is 15.2. The van der Waals surface area contributed by atoms with Gasteiger partial charge in [-0.1, -0.05) is 0 Å². The maximum absolute atomic E-state index is 14.4. The van der Waals surface area contributed by atoms with E-state index in [0.29, 0.717) is 0 Å². The van der Waals surface area contributed by atoms with Crippen molar-refractivity contribution in [2.75, 3.05) is 19.5 Å². The third-order valence-electron chi connectivity index (χ3n) is 3.86. The lowest BCUT2D eigenvalue weighted by Gasteiger charge is -2.15. The summed E-state index contributed by atoms with van der Waals surface area (Å²) in [4.78, 5) is 15.3. The van der Waals surface area contributed by atoms with Gasteiger partial charge in [0.25, 0.3) is 5.56 Å². The molecule has 0 saturated heterocycles. The average molecular weight is 410 g/mol. The van der Waals surface area contributed by atoms with Crippen LogP contribution in [-0.2, 0) is 6.54 Å². The topological polar surface area (TPSA) is 78.3 Å². The molecule has 1 heterocycles. The number of aromatic nitrogens is 3. The Morgan fingerprint density at radius 3 is 2.21 bits per heavy atom. The number of halogens is 4. The highest BCUT2D eigenvalue weighted by atomic mass is 19.2. The van der Waals surface area contributed by atoms with Crippen molar-refractivity contribution in [3.05, 3.63) is 69.6 Å². The predicted molar refractivity (Wildman–Crippen MR) is 94.5 cm³/mol. The molecule has 0 bridgehead atoms. The Balaban J connectivity index is 1.99. The van der Waals surface area contributed by atoms with E-state index >= 15 is 0 Å².